The summed E-state index contributed by atoms with van der Waals surface area (Å²) in [4.78, 5) is 2.21. The Morgan fingerprint density at radius 2 is 1.86 bits per heavy atom. The third-order valence-corrected chi connectivity index (χ3v) is 3.94. The summed E-state index contributed by atoms with van der Waals surface area (Å²) in [5.74, 6) is 1.61. The number of rotatable bonds is 8. The van der Waals surface area contributed by atoms with Gasteiger partial charge in [0.2, 0.25) is 0 Å². The molecule has 1 atom stereocenters. The molecule has 2 aromatic rings. The van der Waals surface area contributed by atoms with Gasteiger partial charge in [-0.15, -0.1) is 0 Å². The largest absolute Gasteiger partial charge is 0.490 e. The van der Waals surface area contributed by atoms with Crippen molar-refractivity contribution >= 4 is 23.4 Å². The maximum absolute atomic E-state index is 10.2. The second-order valence-corrected chi connectivity index (χ2v) is 6.20. The maximum Gasteiger partial charge on any atom is 0.127 e. The van der Waals surface area contributed by atoms with Crippen LogP contribution in [0.2, 0.25) is 0 Å². The van der Waals surface area contributed by atoms with Crippen molar-refractivity contribution in [2.24, 2.45) is 0 Å². The SMILES string of the molecule is CC(C)N(CCS)CC(O)COc1cccc2ccccc12. The van der Waals surface area contributed by atoms with Crippen LogP contribution >= 0.6 is 12.6 Å². The number of benzene rings is 2. The van der Waals surface area contributed by atoms with Crippen LogP contribution in [0.1, 0.15) is 13.8 Å². The van der Waals surface area contributed by atoms with Crippen LogP contribution in [0, 0.1) is 0 Å². The highest BCUT2D eigenvalue weighted by Crippen LogP contribution is 2.25. The van der Waals surface area contributed by atoms with E-state index in [4.69, 9.17) is 4.74 Å². The standard InChI is InChI=1S/C18H25NO2S/c1-14(2)19(10-11-22)12-16(20)13-21-18-9-5-7-15-6-3-4-8-17(15)18/h3-9,14,16,20,22H,10-13H2,1-2H3. The van der Waals surface area contributed by atoms with Crippen molar-refractivity contribution in [1.29, 1.82) is 0 Å². The van der Waals surface area contributed by atoms with Crippen LogP contribution in [0.4, 0.5) is 0 Å². The van der Waals surface area contributed by atoms with Crippen molar-refractivity contribution in [3.05, 3.63) is 42.5 Å². The van der Waals surface area contributed by atoms with Crippen LogP contribution in [0.25, 0.3) is 10.8 Å². The lowest BCUT2D eigenvalue weighted by Crippen LogP contribution is -2.40. The molecular weight excluding hydrogens is 294 g/mol. The zero-order valence-corrected chi connectivity index (χ0v) is 14.2. The molecule has 0 aliphatic carbocycles. The Labute approximate surface area is 138 Å². The van der Waals surface area contributed by atoms with E-state index in [1.165, 1.54) is 0 Å². The van der Waals surface area contributed by atoms with Gasteiger partial charge in [0.05, 0.1) is 0 Å². The first-order chi connectivity index (χ1) is 10.6. The number of aliphatic hydroxyl groups is 1. The van der Waals surface area contributed by atoms with Gasteiger partial charge in [0.15, 0.2) is 0 Å². The minimum Gasteiger partial charge on any atom is -0.490 e. The van der Waals surface area contributed by atoms with Crippen molar-refractivity contribution in [1.82, 2.24) is 4.90 Å². The zero-order chi connectivity index (χ0) is 15.9. The Bertz CT molecular complexity index is 583. The van der Waals surface area contributed by atoms with Crippen LogP contribution in [-0.4, -0.2) is 47.6 Å². The fourth-order valence-corrected chi connectivity index (χ4v) is 2.78. The average Bonchev–Trinajstić information content (AvgIpc) is 2.52. The average molecular weight is 319 g/mol. The van der Waals surface area contributed by atoms with Gasteiger partial charge in [0.1, 0.15) is 18.5 Å². The van der Waals surface area contributed by atoms with Gasteiger partial charge >= 0.3 is 0 Å². The van der Waals surface area contributed by atoms with Gasteiger partial charge in [-0.3, -0.25) is 4.90 Å². The third-order valence-electron chi connectivity index (χ3n) is 3.74. The maximum atomic E-state index is 10.2. The van der Waals surface area contributed by atoms with Crippen LogP contribution < -0.4 is 4.74 Å². The van der Waals surface area contributed by atoms with Crippen molar-refractivity contribution in [2.45, 2.75) is 26.0 Å². The first kappa shape index (κ1) is 17.1. The van der Waals surface area contributed by atoms with E-state index in [0.717, 1.165) is 28.8 Å². The van der Waals surface area contributed by atoms with Crippen LogP contribution in [-0.2, 0) is 0 Å². The molecule has 3 nitrogen and oxygen atoms in total. The van der Waals surface area contributed by atoms with Crippen LogP contribution in [0.3, 0.4) is 0 Å². The molecule has 0 aromatic heterocycles. The third kappa shape index (κ3) is 4.63. The highest BCUT2D eigenvalue weighted by atomic mass is 32.1. The molecule has 0 amide bonds. The monoisotopic (exact) mass is 319 g/mol. The van der Waals surface area contributed by atoms with Crippen molar-refractivity contribution < 1.29 is 9.84 Å². The van der Waals surface area contributed by atoms with Gasteiger partial charge in [-0.05, 0) is 25.3 Å². The lowest BCUT2D eigenvalue weighted by atomic mass is 10.1. The summed E-state index contributed by atoms with van der Waals surface area (Å²) in [6.45, 7) is 6.02. The molecule has 1 N–H and O–H groups in total. The Morgan fingerprint density at radius 1 is 1.14 bits per heavy atom. The minimum absolute atomic E-state index is 0.295. The molecule has 1 unspecified atom stereocenters. The summed E-state index contributed by atoms with van der Waals surface area (Å²) in [7, 11) is 0. The Hall–Kier alpha value is -1.23. The molecule has 0 heterocycles. The molecule has 2 rings (SSSR count). The molecular formula is C18H25NO2S. The number of hydrogen-bond donors (Lipinski definition) is 2. The summed E-state index contributed by atoms with van der Waals surface area (Å²) >= 11 is 4.27. The van der Waals surface area contributed by atoms with E-state index in [9.17, 15) is 5.11 Å². The summed E-state index contributed by atoms with van der Waals surface area (Å²) in [6, 6.07) is 14.5. The number of aliphatic hydroxyl groups excluding tert-OH is 1. The van der Waals surface area contributed by atoms with E-state index in [1.54, 1.807) is 0 Å². The van der Waals surface area contributed by atoms with Crippen molar-refractivity contribution in [3.63, 3.8) is 0 Å². The van der Waals surface area contributed by atoms with E-state index in [0.29, 0.717) is 19.2 Å². The quantitative estimate of drug-likeness (QED) is 0.733. The first-order valence-corrected chi connectivity index (χ1v) is 8.38. The number of fused-ring (bicyclic) bond motifs is 1. The molecule has 22 heavy (non-hydrogen) atoms. The van der Waals surface area contributed by atoms with Crippen LogP contribution in [0.5, 0.6) is 5.75 Å². The van der Waals surface area contributed by atoms with E-state index in [2.05, 4.69) is 43.5 Å². The van der Waals surface area contributed by atoms with E-state index < -0.39 is 6.10 Å². The lowest BCUT2D eigenvalue weighted by molar-refractivity contribution is 0.0607. The second-order valence-electron chi connectivity index (χ2n) is 5.75. The molecule has 120 valence electrons. The molecule has 0 spiro atoms. The number of thiol groups is 1. The molecule has 0 saturated carbocycles. The van der Waals surface area contributed by atoms with Gasteiger partial charge in [-0.1, -0.05) is 36.4 Å². The lowest BCUT2D eigenvalue weighted by Gasteiger charge is -2.28. The zero-order valence-electron chi connectivity index (χ0n) is 13.3. The highest BCUT2D eigenvalue weighted by Gasteiger charge is 2.15. The molecule has 0 fully saturated rings. The first-order valence-electron chi connectivity index (χ1n) is 7.75. The van der Waals surface area contributed by atoms with E-state index in [1.807, 2.05) is 30.3 Å². The Morgan fingerprint density at radius 3 is 2.59 bits per heavy atom. The molecule has 0 radical (unpaired) electrons. The fraction of sp³-hybridized carbons (Fsp3) is 0.444. The molecule has 0 aliphatic heterocycles. The second kappa shape index (κ2) is 8.42. The summed E-state index contributed by atoms with van der Waals surface area (Å²) in [5, 5.41) is 12.5. The van der Waals surface area contributed by atoms with E-state index >= 15 is 0 Å². The molecule has 0 aliphatic rings. The predicted octanol–water partition coefficient (Wildman–Crippen LogP) is 3.22. The minimum atomic E-state index is -0.513. The van der Waals surface area contributed by atoms with Crippen molar-refractivity contribution in [3.8, 4) is 5.75 Å². The Kier molecular flexibility index (Phi) is 6.55. The van der Waals surface area contributed by atoms with Gasteiger partial charge in [0.25, 0.3) is 0 Å². The van der Waals surface area contributed by atoms with Gasteiger partial charge in [0, 0.05) is 30.3 Å². The smallest absolute Gasteiger partial charge is 0.127 e. The topological polar surface area (TPSA) is 32.7 Å². The Balaban J connectivity index is 1.96. The van der Waals surface area contributed by atoms with E-state index in [-0.39, 0.29) is 0 Å². The predicted molar refractivity (Wildman–Crippen MR) is 96.0 cm³/mol. The summed E-state index contributed by atoms with van der Waals surface area (Å²) in [6.07, 6.45) is -0.513. The molecule has 2 aromatic carbocycles. The number of ether oxygens (including phenoxy) is 1. The van der Waals surface area contributed by atoms with Crippen LogP contribution in [0.15, 0.2) is 42.5 Å². The molecule has 0 bridgehead atoms. The van der Waals surface area contributed by atoms with Crippen molar-refractivity contribution in [2.75, 3.05) is 25.4 Å². The number of hydrogen-bond acceptors (Lipinski definition) is 4. The fourth-order valence-electron chi connectivity index (χ4n) is 2.52. The normalized spacial score (nSPS) is 13.0. The van der Waals surface area contributed by atoms with Gasteiger partial charge < -0.3 is 9.84 Å². The van der Waals surface area contributed by atoms with Gasteiger partial charge in [-0.25, -0.2) is 0 Å². The highest BCUT2D eigenvalue weighted by molar-refractivity contribution is 7.80. The van der Waals surface area contributed by atoms with Gasteiger partial charge in [-0.2, -0.15) is 12.6 Å². The molecule has 4 heteroatoms. The number of nitrogens with zero attached hydrogens (tertiary/aromatic N) is 1. The summed E-state index contributed by atoms with van der Waals surface area (Å²) < 4.78 is 5.84. The summed E-state index contributed by atoms with van der Waals surface area (Å²) in [5.41, 5.74) is 0. The molecule has 0 saturated heterocycles.